The van der Waals surface area contributed by atoms with E-state index in [1.807, 2.05) is 30.3 Å². The van der Waals surface area contributed by atoms with E-state index in [0.717, 1.165) is 12.2 Å². The number of methoxy groups -OCH3 is 1. The zero-order chi connectivity index (χ0) is 20.6. The van der Waals surface area contributed by atoms with Gasteiger partial charge in [0.1, 0.15) is 0 Å². The van der Waals surface area contributed by atoms with Gasteiger partial charge in [-0.15, -0.1) is 0 Å². The van der Waals surface area contributed by atoms with Gasteiger partial charge in [-0.2, -0.15) is 0 Å². The van der Waals surface area contributed by atoms with Crippen LogP contribution in [0, 0.1) is 0 Å². The minimum absolute atomic E-state index is 0.0120. The van der Waals surface area contributed by atoms with Gasteiger partial charge in [0.2, 0.25) is 11.8 Å². The van der Waals surface area contributed by atoms with E-state index in [-0.39, 0.29) is 29.9 Å². The summed E-state index contributed by atoms with van der Waals surface area (Å²) in [7, 11) is 1.64. The van der Waals surface area contributed by atoms with E-state index in [0.29, 0.717) is 44.1 Å². The first-order valence-electron chi connectivity index (χ1n) is 9.98. The number of piperazine rings is 1. The minimum atomic E-state index is -0.176. The molecule has 2 aliphatic heterocycles. The van der Waals surface area contributed by atoms with Gasteiger partial charge in [0, 0.05) is 50.9 Å². The number of carbonyl (C=O) groups is 2. The van der Waals surface area contributed by atoms with E-state index >= 15 is 0 Å². The molecule has 2 aliphatic rings. The summed E-state index contributed by atoms with van der Waals surface area (Å²) in [6.45, 7) is 2.52. The van der Waals surface area contributed by atoms with Crippen molar-refractivity contribution < 1.29 is 14.3 Å². The SMILES string of the molecule is COCCNC(=S)NC1CC2C(=O)NCC(CCC(=O)Nc3ccccc3)N2C1. The zero-order valence-electron chi connectivity index (χ0n) is 16.6. The minimum Gasteiger partial charge on any atom is -0.383 e. The van der Waals surface area contributed by atoms with Crippen molar-refractivity contribution in [2.24, 2.45) is 0 Å². The van der Waals surface area contributed by atoms with Gasteiger partial charge in [-0.25, -0.2) is 0 Å². The monoisotopic (exact) mass is 419 g/mol. The van der Waals surface area contributed by atoms with Crippen molar-refractivity contribution in [2.75, 3.05) is 38.7 Å². The smallest absolute Gasteiger partial charge is 0.237 e. The topological polar surface area (TPSA) is 94.7 Å². The highest BCUT2D eigenvalue weighted by molar-refractivity contribution is 7.80. The number of benzene rings is 1. The lowest BCUT2D eigenvalue weighted by atomic mass is 10.0. The Morgan fingerprint density at radius 3 is 2.90 bits per heavy atom. The Morgan fingerprint density at radius 1 is 1.34 bits per heavy atom. The first kappa shape index (κ1) is 21.5. The van der Waals surface area contributed by atoms with Crippen LogP contribution >= 0.6 is 12.2 Å². The molecular formula is C20H29N5O3S. The largest absolute Gasteiger partial charge is 0.383 e. The van der Waals surface area contributed by atoms with Crippen LogP contribution in [0.4, 0.5) is 5.69 Å². The fourth-order valence-corrected chi connectivity index (χ4v) is 4.16. The number of hydrogen-bond donors (Lipinski definition) is 4. The van der Waals surface area contributed by atoms with Crippen molar-refractivity contribution in [3.05, 3.63) is 30.3 Å². The number of thiocarbonyl (C=S) groups is 1. The molecule has 9 heteroatoms. The predicted molar refractivity (Wildman–Crippen MR) is 116 cm³/mol. The molecule has 29 heavy (non-hydrogen) atoms. The van der Waals surface area contributed by atoms with Crippen LogP contribution in [0.2, 0.25) is 0 Å². The summed E-state index contributed by atoms with van der Waals surface area (Å²) in [5.41, 5.74) is 0.798. The van der Waals surface area contributed by atoms with Gasteiger partial charge < -0.3 is 26.0 Å². The zero-order valence-corrected chi connectivity index (χ0v) is 17.5. The summed E-state index contributed by atoms with van der Waals surface area (Å²) in [6.07, 6.45) is 1.80. The summed E-state index contributed by atoms with van der Waals surface area (Å²) in [5.74, 6) is 0.0413. The Kier molecular flexibility index (Phi) is 7.79. The number of para-hydroxylation sites is 1. The lowest BCUT2D eigenvalue weighted by Crippen LogP contribution is -2.58. The van der Waals surface area contributed by atoms with E-state index in [2.05, 4.69) is 26.2 Å². The molecule has 2 fully saturated rings. The van der Waals surface area contributed by atoms with Gasteiger partial charge in [-0.1, -0.05) is 18.2 Å². The highest BCUT2D eigenvalue weighted by Gasteiger charge is 2.43. The molecule has 0 bridgehead atoms. The average molecular weight is 420 g/mol. The van der Waals surface area contributed by atoms with Crippen LogP contribution in [0.1, 0.15) is 19.3 Å². The van der Waals surface area contributed by atoms with Crippen LogP contribution in [0.25, 0.3) is 0 Å². The third-order valence-corrected chi connectivity index (χ3v) is 5.57. The molecule has 2 amide bonds. The Bertz CT molecular complexity index is 717. The second-order valence-corrected chi connectivity index (χ2v) is 7.80. The van der Waals surface area contributed by atoms with Gasteiger partial charge in [-0.05, 0) is 37.2 Å². The van der Waals surface area contributed by atoms with Crippen molar-refractivity contribution in [3.8, 4) is 0 Å². The van der Waals surface area contributed by atoms with Crippen molar-refractivity contribution in [1.29, 1.82) is 0 Å². The molecule has 0 radical (unpaired) electrons. The molecule has 158 valence electrons. The second kappa shape index (κ2) is 10.5. The van der Waals surface area contributed by atoms with Crippen LogP contribution in [0.15, 0.2) is 30.3 Å². The Hall–Kier alpha value is -2.23. The molecule has 0 saturated carbocycles. The molecule has 4 N–H and O–H groups in total. The maximum absolute atomic E-state index is 12.3. The van der Waals surface area contributed by atoms with Crippen LogP contribution in [-0.2, 0) is 14.3 Å². The van der Waals surface area contributed by atoms with Crippen LogP contribution < -0.4 is 21.3 Å². The summed E-state index contributed by atoms with van der Waals surface area (Å²) in [5, 5.41) is 12.9. The van der Waals surface area contributed by atoms with E-state index in [1.54, 1.807) is 7.11 Å². The molecular weight excluding hydrogens is 390 g/mol. The third-order valence-electron chi connectivity index (χ3n) is 5.31. The number of hydrogen-bond acceptors (Lipinski definition) is 5. The number of carbonyl (C=O) groups excluding carboxylic acids is 2. The van der Waals surface area contributed by atoms with Gasteiger partial charge in [-0.3, -0.25) is 14.5 Å². The van der Waals surface area contributed by atoms with Crippen LogP contribution in [0.3, 0.4) is 0 Å². The maximum atomic E-state index is 12.3. The number of fused-ring (bicyclic) bond motifs is 1. The number of ether oxygens (including phenoxy) is 1. The van der Waals surface area contributed by atoms with Gasteiger partial charge in [0.15, 0.2) is 5.11 Å². The van der Waals surface area contributed by atoms with E-state index < -0.39 is 0 Å². The van der Waals surface area contributed by atoms with Gasteiger partial charge in [0.05, 0.1) is 12.6 Å². The van der Waals surface area contributed by atoms with Crippen molar-refractivity contribution >= 4 is 34.8 Å². The number of nitrogens with one attached hydrogen (secondary N) is 4. The Labute approximate surface area is 176 Å². The van der Waals surface area contributed by atoms with Gasteiger partial charge >= 0.3 is 0 Å². The van der Waals surface area contributed by atoms with Gasteiger partial charge in [0.25, 0.3) is 0 Å². The second-order valence-electron chi connectivity index (χ2n) is 7.39. The number of anilines is 1. The summed E-state index contributed by atoms with van der Waals surface area (Å²) >= 11 is 5.33. The third kappa shape index (κ3) is 6.12. The molecule has 2 saturated heterocycles. The highest BCUT2D eigenvalue weighted by atomic mass is 32.1. The first-order valence-corrected chi connectivity index (χ1v) is 10.4. The molecule has 0 aliphatic carbocycles. The van der Waals surface area contributed by atoms with E-state index in [1.165, 1.54) is 0 Å². The summed E-state index contributed by atoms with van der Waals surface area (Å²) in [4.78, 5) is 26.8. The molecule has 0 spiro atoms. The molecule has 8 nitrogen and oxygen atoms in total. The molecule has 2 heterocycles. The highest BCUT2D eigenvalue weighted by Crippen LogP contribution is 2.26. The molecule has 3 unspecified atom stereocenters. The summed E-state index contributed by atoms with van der Waals surface area (Å²) < 4.78 is 5.01. The normalized spacial score (nSPS) is 23.8. The fraction of sp³-hybridized carbons (Fsp3) is 0.550. The first-order chi connectivity index (χ1) is 14.1. The van der Waals surface area contributed by atoms with E-state index in [9.17, 15) is 9.59 Å². The van der Waals surface area contributed by atoms with Crippen molar-refractivity contribution in [3.63, 3.8) is 0 Å². The predicted octanol–water partition coefficient (Wildman–Crippen LogP) is 0.457. The van der Waals surface area contributed by atoms with E-state index in [4.69, 9.17) is 17.0 Å². The molecule has 3 rings (SSSR count). The average Bonchev–Trinajstić information content (AvgIpc) is 3.13. The Balaban J connectivity index is 1.48. The molecule has 0 aromatic heterocycles. The maximum Gasteiger partial charge on any atom is 0.237 e. The standard InChI is InChI=1S/C20H29N5O3S/c1-28-10-9-21-20(29)24-15-11-17-19(27)22-12-16(25(17)13-15)7-8-18(26)23-14-5-3-2-4-6-14/h2-6,15-17H,7-13H2,1H3,(H,22,27)(H,23,26)(H2,21,24,29). The summed E-state index contributed by atoms with van der Waals surface area (Å²) in [6, 6.07) is 9.51. The number of nitrogens with zero attached hydrogens (tertiary/aromatic N) is 1. The number of amides is 2. The van der Waals surface area contributed by atoms with Crippen LogP contribution in [-0.4, -0.2) is 73.3 Å². The Morgan fingerprint density at radius 2 is 2.14 bits per heavy atom. The molecule has 1 aromatic carbocycles. The fourth-order valence-electron chi connectivity index (χ4n) is 3.89. The number of rotatable bonds is 8. The van der Waals surface area contributed by atoms with Crippen molar-refractivity contribution in [1.82, 2.24) is 20.9 Å². The lowest BCUT2D eigenvalue weighted by Gasteiger charge is -2.37. The molecule has 3 atom stereocenters. The van der Waals surface area contributed by atoms with Crippen molar-refractivity contribution in [2.45, 2.75) is 37.4 Å². The lowest BCUT2D eigenvalue weighted by molar-refractivity contribution is -0.129. The quantitative estimate of drug-likeness (QED) is 0.359. The van der Waals surface area contributed by atoms with Crippen LogP contribution in [0.5, 0.6) is 0 Å². The molecule has 1 aromatic rings.